The maximum absolute atomic E-state index is 13.4. The first-order valence-corrected chi connectivity index (χ1v) is 5.89. The van der Waals surface area contributed by atoms with Gasteiger partial charge in [-0.1, -0.05) is 18.2 Å². The number of carbonyl (C=O) groups excluding carboxylic acids is 1. The second-order valence-electron chi connectivity index (χ2n) is 4.26. The van der Waals surface area contributed by atoms with Gasteiger partial charge in [-0.2, -0.15) is 0 Å². The Hall–Kier alpha value is -2.23. The fourth-order valence-electron chi connectivity index (χ4n) is 1.83. The Bertz CT molecular complexity index is 573. The molecule has 2 aromatic carbocycles. The summed E-state index contributed by atoms with van der Waals surface area (Å²) in [7, 11) is 0. The summed E-state index contributed by atoms with van der Waals surface area (Å²) in [6.45, 7) is 0. The van der Waals surface area contributed by atoms with Crippen LogP contribution >= 0.6 is 0 Å². The number of benzene rings is 2. The molecule has 2 rings (SSSR count). The lowest BCUT2D eigenvalue weighted by Gasteiger charge is -2.04. The standard InChI is InChI=1S/C15H13F2NO/c16-12-2-1-3-13(17)15(12)14(19)9-6-10-4-7-11(18)8-5-10/h1-5,7-8H,6,9,18H2. The Balaban J connectivity index is 2.07. The SMILES string of the molecule is Nc1ccc(CCC(=O)c2c(F)cccc2F)cc1. The molecule has 0 aliphatic carbocycles. The van der Waals surface area contributed by atoms with E-state index >= 15 is 0 Å². The zero-order valence-corrected chi connectivity index (χ0v) is 10.2. The molecule has 2 nitrogen and oxygen atoms in total. The quantitative estimate of drug-likeness (QED) is 0.677. The van der Waals surface area contributed by atoms with Crippen molar-refractivity contribution in [2.24, 2.45) is 0 Å². The van der Waals surface area contributed by atoms with Crippen LogP contribution in [0.3, 0.4) is 0 Å². The molecule has 0 heterocycles. The van der Waals surface area contributed by atoms with Gasteiger partial charge in [0.25, 0.3) is 0 Å². The summed E-state index contributed by atoms with van der Waals surface area (Å²) in [6, 6.07) is 10.4. The van der Waals surface area contributed by atoms with E-state index in [1.54, 1.807) is 24.3 Å². The number of carbonyl (C=O) groups is 1. The lowest BCUT2D eigenvalue weighted by molar-refractivity contribution is 0.0974. The Morgan fingerprint density at radius 1 is 1.00 bits per heavy atom. The van der Waals surface area contributed by atoms with Crippen LogP contribution in [0.15, 0.2) is 42.5 Å². The zero-order valence-electron chi connectivity index (χ0n) is 10.2. The molecule has 0 saturated heterocycles. The highest BCUT2D eigenvalue weighted by Gasteiger charge is 2.16. The number of nitrogens with two attached hydrogens (primary N) is 1. The summed E-state index contributed by atoms with van der Waals surface area (Å²) < 4.78 is 26.8. The molecule has 0 spiro atoms. The third kappa shape index (κ3) is 3.16. The van der Waals surface area contributed by atoms with E-state index in [0.29, 0.717) is 12.1 Å². The third-order valence-electron chi connectivity index (χ3n) is 2.86. The summed E-state index contributed by atoms with van der Waals surface area (Å²) in [4.78, 5) is 11.8. The predicted molar refractivity (Wildman–Crippen MR) is 69.9 cm³/mol. The van der Waals surface area contributed by atoms with Gasteiger partial charge in [-0.05, 0) is 36.2 Å². The van der Waals surface area contributed by atoms with Crippen LogP contribution in [0.1, 0.15) is 22.3 Å². The van der Waals surface area contributed by atoms with Gasteiger partial charge in [-0.3, -0.25) is 4.79 Å². The number of rotatable bonds is 4. The summed E-state index contributed by atoms with van der Waals surface area (Å²) >= 11 is 0. The molecular weight excluding hydrogens is 248 g/mol. The fraction of sp³-hybridized carbons (Fsp3) is 0.133. The van der Waals surface area contributed by atoms with Crippen molar-refractivity contribution in [3.05, 3.63) is 65.2 Å². The predicted octanol–water partition coefficient (Wildman–Crippen LogP) is 3.36. The van der Waals surface area contributed by atoms with Crippen LogP contribution in [0.5, 0.6) is 0 Å². The molecule has 98 valence electrons. The van der Waals surface area contributed by atoms with Gasteiger partial charge in [0.2, 0.25) is 0 Å². The largest absolute Gasteiger partial charge is 0.399 e. The molecule has 0 atom stereocenters. The zero-order chi connectivity index (χ0) is 13.8. The Kier molecular flexibility index (Phi) is 3.90. The molecule has 0 amide bonds. The molecule has 0 bridgehead atoms. The molecule has 0 aliphatic rings. The fourth-order valence-corrected chi connectivity index (χ4v) is 1.83. The Labute approximate surface area is 109 Å². The molecule has 0 fully saturated rings. The lowest BCUT2D eigenvalue weighted by Crippen LogP contribution is -2.07. The minimum atomic E-state index is -0.817. The maximum Gasteiger partial charge on any atom is 0.169 e. The first-order chi connectivity index (χ1) is 9.08. The minimum Gasteiger partial charge on any atom is -0.399 e. The van der Waals surface area contributed by atoms with Gasteiger partial charge >= 0.3 is 0 Å². The minimum absolute atomic E-state index is 0.0573. The summed E-state index contributed by atoms with van der Waals surface area (Å²) in [5.41, 5.74) is 6.62. The molecule has 19 heavy (non-hydrogen) atoms. The van der Waals surface area contributed by atoms with Crippen molar-refractivity contribution in [1.82, 2.24) is 0 Å². The van der Waals surface area contributed by atoms with Crippen molar-refractivity contribution in [3.63, 3.8) is 0 Å². The van der Waals surface area contributed by atoms with Crippen LogP contribution in [0.25, 0.3) is 0 Å². The first-order valence-electron chi connectivity index (χ1n) is 5.89. The highest BCUT2D eigenvalue weighted by Crippen LogP contribution is 2.16. The van der Waals surface area contributed by atoms with Crippen LogP contribution in [0.4, 0.5) is 14.5 Å². The molecule has 4 heteroatoms. The van der Waals surface area contributed by atoms with Crippen LogP contribution in [0.2, 0.25) is 0 Å². The van der Waals surface area contributed by atoms with Crippen molar-refractivity contribution in [2.75, 3.05) is 5.73 Å². The topological polar surface area (TPSA) is 43.1 Å². The van der Waals surface area contributed by atoms with Crippen LogP contribution in [0, 0.1) is 11.6 Å². The highest BCUT2D eigenvalue weighted by atomic mass is 19.1. The molecule has 2 N–H and O–H groups in total. The number of hydrogen-bond acceptors (Lipinski definition) is 2. The van der Waals surface area contributed by atoms with Crippen LogP contribution in [-0.4, -0.2) is 5.78 Å². The van der Waals surface area contributed by atoms with Crippen LogP contribution < -0.4 is 5.73 Å². The van der Waals surface area contributed by atoms with Crippen molar-refractivity contribution in [1.29, 1.82) is 0 Å². The second kappa shape index (κ2) is 5.61. The maximum atomic E-state index is 13.4. The van der Waals surface area contributed by atoms with Crippen LogP contribution in [-0.2, 0) is 6.42 Å². The number of anilines is 1. The van der Waals surface area contributed by atoms with E-state index in [0.717, 1.165) is 17.7 Å². The van der Waals surface area contributed by atoms with Gasteiger partial charge < -0.3 is 5.73 Å². The van der Waals surface area contributed by atoms with Gasteiger partial charge in [-0.15, -0.1) is 0 Å². The van der Waals surface area contributed by atoms with Crippen molar-refractivity contribution < 1.29 is 13.6 Å². The van der Waals surface area contributed by atoms with Gasteiger partial charge in [0.05, 0.1) is 5.56 Å². The average Bonchev–Trinajstić information content (AvgIpc) is 2.38. The average molecular weight is 261 g/mol. The third-order valence-corrected chi connectivity index (χ3v) is 2.86. The molecule has 0 saturated carbocycles. The number of hydrogen-bond donors (Lipinski definition) is 1. The number of nitrogen functional groups attached to an aromatic ring is 1. The van der Waals surface area contributed by atoms with E-state index in [2.05, 4.69) is 0 Å². The highest BCUT2D eigenvalue weighted by molar-refractivity contribution is 5.96. The molecule has 2 aromatic rings. The lowest BCUT2D eigenvalue weighted by atomic mass is 10.0. The van der Waals surface area contributed by atoms with Crippen molar-refractivity contribution >= 4 is 11.5 Å². The van der Waals surface area contributed by atoms with Gasteiger partial charge in [0, 0.05) is 12.1 Å². The summed E-state index contributed by atoms with van der Waals surface area (Å²) in [5.74, 6) is -2.17. The molecule has 0 aliphatic heterocycles. The van der Waals surface area contributed by atoms with E-state index in [9.17, 15) is 13.6 Å². The molecule has 0 radical (unpaired) electrons. The van der Waals surface area contributed by atoms with Gasteiger partial charge in [0.1, 0.15) is 11.6 Å². The second-order valence-corrected chi connectivity index (χ2v) is 4.26. The van der Waals surface area contributed by atoms with Gasteiger partial charge in [0.15, 0.2) is 5.78 Å². The number of Topliss-reactive ketones (excluding diaryl/α,β-unsaturated/α-hetero) is 1. The number of halogens is 2. The smallest absolute Gasteiger partial charge is 0.169 e. The van der Waals surface area contributed by atoms with E-state index in [1.807, 2.05) is 0 Å². The molecule has 0 unspecified atom stereocenters. The summed E-state index contributed by atoms with van der Waals surface area (Å²) in [5, 5.41) is 0. The summed E-state index contributed by atoms with van der Waals surface area (Å²) in [6.07, 6.45) is 0.481. The Morgan fingerprint density at radius 3 is 2.16 bits per heavy atom. The van der Waals surface area contributed by atoms with E-state index < -0.39 is 23.0 Å². The molecular formula is C15H13F2NO. The van der Waals surface area contributed by atoms with E-state index in [-0.39, 0.29) is 6.42 Å². The van der Waals surface area contributed by atoms with E-state index in [1.165, 1.54) is 6.07 Å². The monoisotopic (exact) mass is 261 g/mol. The normalized spacial score (nSPS) is 10.4. The number of aryl methyl sites for hydroxylation is 1. The van der Waals surface area contributed by atoms with E-state index in [4.69, 9.17) is 5.73 Å². The van der Waals surface area contributed by atoms with Crippen molar-refractivity contribution in [2.45, 2.75) is 12.8 Å². The van der Waals surface area contributed by atoms with Gasteiger partial charge in [-0.25, -0.2) is 8.78 Å². The Morgan fingerprint density at radius 2 is 1.58 bits per heavy atom. The number of ketones is 1. The molecule has 0 aromatic heterocycles. The van der Waals surface area contributed by atoms with Crippen molar-refractivity contribution in [3.8, 4) is 0 Å². The first kappa shape index (κ1) is 13.2.